The van der Waals surface area contributed by atoms with Crippen LogP contribution in [0.1, 0.15) is 45.7 Å². The number of thiazole rings is 1. The summed E-state index contributed by atoms with van der Waals surface area (Å²) >= 11 is 2.33. The van der Waals surface area contributed by atoms with Crippen molar-refractivity contribution in [2.45, 2.75) is 26.8 Å². The minimum atomic E-state index is -0.882. The van der Waals surface area contributed by atoms with E-state index >= 15 is 0 Å². The zero-order valence-electron chi connectivity index (χ0n) is 18.7. The van der Waals surface area contributed by atoms with Gasteiger partial charge in [-0.15, -0.1) is 11.3 Å². The van der Waals surface area contributed by atoms with Crippen molar-refractivity contribution in [3.05, 3.63) is 68.4 Å². The lowest BCUT2D eigenvalue weighted by molar-refractivity contribution is -0.132. The molecule has 0 aliphatic carbocycles. The number of benzene rings is 1. The predicted molar refractivity (Wildman–Crippen MR) is 130 cm³/mol. The van der Waals surface area contributed by atoms with Gasteiger partial charge < -0.3 is 14.6 Å². The number of anilines is 1. The Hall–Kier alpha value is -3.50. The quantitative estimate of drug-likeness (QED) is 0.218. The number of nitrogens with zero attached hydrogens (tertiary/aromatic N) is 2. The summed E-state index contributed by atoms with van der Waals surface area (Å²) in [5.41, 5.74) is 0.740. The molecular formula is C24H22N2O6S2. The van der Waals surface area contributed by atoms with Gasteiger partial charge in [0.15, 0.2) is 5.13 Å². The minimum absolute atomic E-state index is 0.0397. The van der Waals surface area contributed by atoms with Crippen molar-refractivity contribution >= 4 is 51.2 Å². The highest BCUT2D eigenvalue weighted by atomic mass is 32.1. The topological polar surface area (TPSA) is 106 Å². The van der Waals surface area contributed by atoms with E-state index in [4.69, 9.17) is 9.47 Å². The lowest BCUT2D eigenvalue weighted by Crippen LogP contribution is -2.29. The second-order valence-electron chi connectivity index (χ2n) is 7.27. The maximum Gasteiger partial charge on any atom is 0.350 e. The van der Waals surface area contributed by atoms with Crippen LogP contribution >= 0.6 is 22.7 Å². The molecule has 3 heterocycles. The van der Waals surface area contributed by atoms with Gasteiger partial charge >= 0.3 is 11.9 Å². The van der Waals surface area contributed by atoms with E-state index in [9.17, 15) is 19.5 Å². The maximum atomic E-state index is 13.2. The standard InChI is InChI=1S/C24H22N2O6S2/c1-4-31-15-10-8-14(9-11-15)19(27)17-18(16-7-6-12-33-16)26(22(29)20(17)28)24-25-13(3)21(34-24)23(30)32-5-2/h6-12,18,27H,4-5H2,1-3H3/b19-17+/t18-/m1/s1. The second kappa shape index (κ2) is 9.78. The molecule has 1 N–H and O–H groups in total. The molecule has 34 heavy (non-hydrogen) atoms. The Bertz CT molecular complexity index is 1260. The van der Waals surface area contributed by atoms with Crippen molar-refractivity contribution in [2.75, 3.05) is 18.1 Å². The molecule has 1 amide bonds. The molecule has 1 fully saturated rings. The molecule has 1 aromatic carbocycles. The van der Waals surface area contributed by atoms with Gasteiger partial charge in [-0.1, -0.05) is 17.4 Å². The number of hydrogen-bond donors (Lipinski definition) is 1. The van der Waals surface area contributed by atoms with Gasteiger partial charge in [-0.25, -0.2) is 9.78 Å². The normalized spacial score (nSPS) is 17.3. The van der Waals surface area contributed by atoms with Crippen molar-refractivity contribution in [2.24, 2.45) is 0 Å². The summed E-state index contributed by atoms with van der Waals surface area (Å²) < 4.78 is 10.5. The Morgan fingerprint density at radius 1 is 1.15 bits per heavy atom. The number of carbonyl (C=O) groups excluding carboxylic acids is 3. The van der Waals surface area contributed by atoms with Gasteiger partial charge in [-0.3, -0.25) is 14.5 Å². The number of Topliss-reactive ketones (excluding diaryl/α,β-unsaturated/α-hetero) is 1. The van der Waals surface area contributed by atoms with Crippen molar-refractivity contribution in [3.63, 3.8) is 0 Å². The van der Waals surface area contributed by atoms with E-state index in [-0.39, 0.29) is 27.9 Å². The maximum absolute atomic E-state index is 13.2. The van der Waals surface area contributed by atoms with Crippen LogP contribution in [0.25, 0.3) is 5.76 Å². The van der Waals surface area contributed by atoms with Crippen LogP contribution in [0.5, 0.6) is 5.75 Å². The lowest BCUT2D eigenvalue weighted by Gasteiger charge is -2.21. The van der Waals surface area contributed by atoms with E-state index in [1.807, 2.05) is 12.3 Å². The number of rotatable bonds is 7. The first-order chi connectivity index (χ1) is 16.4. The van der Waals surface area contributed by atoms with Crippen molar-refractivity contribution in [1.82, 2.24) is 4.98 Å². The molecule has 3 aromatic rings. The molecule has 1 atom stereocenters. The Balaban J connectivity index is 1.83. The number of hydrogen-bond acceptors (Lipinski definition) is 9. The first kappa shape index (κ1) is 23.7. The van der Waals surface area contributed by atoms with Crippen LogP contribution in [0.2, 0.25) is 0 Å². The molecule has 0 bridgehead atoms. The van der Waals surface area contributed by atoms with Gasteiger partial charge in [0.05, 0.1) is 24.5 Å². The fourth-order valence-electron chi connectivity index (χ4n) is 3.65. The molecule has 0 radical (unpaired) electrons. The molecule has 1 saturated heterocycles. The van der Waals surface area contributed by atoms with Crippen molar-refractivity contribution < 1.29 is 29.0 Å². The van der Waals surface area contributed by atoms with Crippen LogP contribution in [0.3, 0.4) is 0 Å². The molecular weight excluding hydrogens is 476 g/mol. The molecule has 1 aliphatic rings. The van der Waals surface area contributed by atoms with E-state index < -0.39 is 23.7 Å². The van der Waals surface area contributed by atoms with E-state index in [2.05, 4.69) is 4.98 Å². The molecule has 8 nitrogen and oxygen atoms in total. The summed E-state index contributed by atoms with van der Waals surface area (Å²) in [4.78, 5) is 45.2. The summed E-state index contributed by atoms with van der Waals surface area (Å²) in [5, 5.41) is 13.1. The monoisotopic (exact) mass is 498 g/mol. The Morgan fingerprint density at radius 2 is 1.88 bits per heavy atom. The van der Waals surface area contributed by atoms with Crippen molar-refractivity contribution in [3.8, 4) is 5.75 Å². The summed E-state index contributed by atoms with van der Waals surface area (Å²) in [5.74, 6) is -1.85. The number of esters is 1. The van der Waals surface area contributed by atoms with E-state index in [0.29, 0.717) is 28.5 Å². The molecule has 0 unspecified atom stereocenters. The molecule has 10 heteroatoms. The summed E-state index contributed by atoms with van der Waals surface area (Å²) in [6.45, 7) is 5.90. The van der Waals surface area contributed by atoms with Gasteiger partial charge in [0, 0.05) is 10.4 Å². The van der Waals surface area contributed by atoms with Gasteiger partial charge in [-0.2, -0.15) is 0 Å². The summed E-state index contributed by atoms with van der Waals surface area (Å²) in [6, 6.07) is 9.33. The van der Waals surface area contributed by atoms with Crippen LogP contribution in [-0.4, -0.2) is 41.0 Å². The average molecular weight is 499 g/mol. The van der Waals surface area contributed by atoms with Crippen molar-refractivity contribution in [1.29, 1.82) is 0 Å². The zero-order chi connectivity index (χ0) is 24.4. The minimum Gasteiger partial charge on any atom is -0.507 e. The van der Waals surface area contributed by atoms with Gasteiger partial charge in [0.1, 0.15) is 22.4 Å². The number of aryl methyl sites for hydroxylation is 1. The number of aliphatic hydroxyl groups excluding tert-OH is 1. The molecule has 1 aliphatic heterocycles. The Kier molecular flexibility index (Phi) is 6.80. The number of aliphatic hydroxyl groups is 1. The van der Waals surface area contributed by atoms with E-state index in [1.54, 1.807) is 50.2 Å². The molecule has 0 spiro atoms. The first-order valence-electron chi connectivity index (χ1n) is 10.6. The predicted octanol–water partition coefficient (Wildman–Crippen LogP) is 4.71. The third kappa shape index (κ3) is 4.22. The van der Waals surface area contributed by atoms with Crippen LogP contribution < -0.4 is 9.64 Å². The number of thiophene rings is 1. The highest BCUT2D eigenvalue weighted by molar-refractivity contribution is 7.18. The third-order valence-electron chi connectivity index (χ3n) is 5.15. The van der Waals surface area contributed by atoms with Crippen LogP contribution in [0.4, 0.5) is 5.13 Å². The number of aromatic nitrogens is 1. The van der Waals surface area contributed by atoms with E-state index in [1.165, 1.54) is 16.2 Å². The first-order valence-corrected chi connectivity index (χ1v) is 12.3. The fraction of sp³-hybridized carbons (Fsp3) is 0.250. The highest BCUT2D eigenvalue weighted by Crippen LogP contribution is 2.45. The number of ether oxygens (including phenoxy) is 2. The fourth-order valence-corrected chi connectivity index (χ4v) is 5.46. The van der Waals surface area contributed by atoms with Gasteiger partial charge in [-0.05, 0) is 56.5 Å². The van der Waals surface area contributed by atoms with Gasteiger partial charge in [0.25, 0.3) is 5.78 Å². The van der Waals surface area contributed by atoms with Crippen LogP contribution in [0.15, 0.2) is 47.4 Å². The highest BCUT2D eigenvalue weighted by Gasteiger charge is 2.48. The summed E-state index contributed by atoms with van der Waals surface area (Å²) in [7, 11) is 0. The van der Waals surface area contributed by atoms with Gasteiger partial charge in [0.2, 0.25) is 0 Å². The summed E-state index contributed by atoms with van der Waals surface area (Å²) in [6.07, 6.45) is 0. The van der Waals surface area contributed by atoms with E-state index in [0.717, 1.165) is 11.3 Å². The smallest absolute Gasteiger partial charge is 0.350 e. The second-order valence-corrected chi connectivity index (χ2v) is 9.23. The number of amides is 1. The molecule has 176 valence electrons. The zero-order valence-corrected chi connectivity index (χ0v) is 20.4. The molecule has 0 saturated carbocycles. The number of ketones is 1. The average Bonchev–Trinajstić information content (AvgIpc) is 3.53. The SMILES string of the molecule is CCOC(=O)c1sc(N2C(=O)C(=O)/C(=C(/O)c3ccc(OCC)cc3)[C@H]2c2cccs2)nc1C. The third-order valence-corrected chi connectivity index (χ3v) is 7.21. The Morgan fingerprint density at radius 3 is 2.50 bits per heavy atom. The van der Waals surface area contributed by atoms with Crippen LogP contribution in [-0.2, 0) is 14.3 Å². The Labute approximate surface area is 204 Å². The number of carbonyl (C=O) groups is 3. The molecule has 4 rings (SSSR count). The molecule has 2 aromatic heterocycles. The lowest BCUT2D eigenvalue weighted by atomic mass is 10.00. The van der Waals surface area contributed by atoms with Crippen LogP contribution in [0, 0.1) is 6.92 Å². The largest absolute Gasteiger partial charge is 0.507 e.